The molecule has 18 heavy (non-hydrogen) atoms. The second-order valence-electron chi connectivity index (χ2n) is 4.05. The van der Waals surface area contributed by atoms with Gasteiger partial charge in [-0.05, 0) is 30.7 Å². The van der Waals surface area contributed by atoms with Crippen LogP contribution < -0.4 is 5.32 Å². The summed E-state index contributed by atoms with van der Waals surface area (Å²) in [7, 11) is 0. The largest absolute Gasteiger partial charge is 0.505 e. The van der Waals surface area contributed by atoms with Gasteiger partial charge < -0.3 is 10.4 Å². The van der Waals surface area contributed by atoms with Crippen molar-refractivity contribution in [3.05, 3.63) is 42.2 Å². The lowest BCUT2D eigenvalue weighted by molar-refractivity contribution is -0.114. The Bertz CT molecular complexity index is 594. The molecule has 0 radical (unpaired) electrons. The van der Waals surface area contributed by atoms with Crippen molar-refractivity contribution in [3.8, 4) is 16.9 Å². The topological polar surface area (TPSA) is 62.2 Å². The molecule has 0 atom stereocenters. The first-order valence-electron chi connectivity index (χ1n) is 5.60. The molecule has 1 amide bonds. The summed E-state index contributed by atoms with van der Waals surface area (Å²) in [6.07, 6.45) is 1.65. The average Bonchev–Trinajstić information content (AvgIpc) is 2.32. The van der Waals surface area contributed by atoms with E-state index >= 15 is 0 Å². The number of amides is 1. The van der Waals surface area contributed by atoms with Gasteiger partial charge in [0.2, 0.25) is 5.91 Å². The fraction of sp³-hybridized carbons (Fsp3) is 0.143. The maximum atomic E-state index is 11.0. The van der Waals surface area contributed by atoms with Gasteiger partial charge in [0.1, 0.15) is 5.75 Å². The summed E-state index contributed by atoms with van der Waals surface area (Å²) in [5.41, 5.74) is 2.82. The molecule has 1 aromatic carbocycles. The number of rotatable bonds is 2. The van der Waals surface area contributed by atoms with E-state index in [9.17, 15) is 9.90 Å². The van der Waals surface area contributed by atoms with Gasteiger partial charge in [-0.2, -0.15) is 0 Å². The molecule has 1 aromatic heterocycles. The monoisotopic (exact) mass is 242 g/mol. The van der Waals surface area contributed by atoms with Crippen molar-refractivity contribution in [1.29, 1.82) is 0 Å². The third-order valence-electron chi connectivity index (χ3n) is 2.60. The van der Waals surface area contributed by atoms with Gasteiger partial charge in [-0.25, -0.2) is 0 Å². The summed E-state index contributed by atoms with van der Waals surface area (Å²) in [6, 6.07) is 9.07. The number of nitrogens with zero attached hydrogens (tertiary/aromatic N) is 1. The highest BCUT2D eigenvalue weighted by Crippen LogP contribution is 2.31. The Morgan fingerprint density at radius 3 is 2.83 bits per heavy atom. The number of aromatic nitrogens is 1. The number of carbonyl (C=O) groups is 1. The fourth-order valence-corrected chi connectivity index (χ4v) is 1.76. The molecular weight excluding hydrogens is 228 g/mol. The minimum absolute atomic E-state index is 0.123. The zero-order valence-electron chi connectivity index (χ0n) is 10.3. The molecule has 0 saturated heterocycles. The number of hydrogen-bond donors (Lipinski definition) is 2. The third kappa shape index (κ3) is 2.48. The number of carbonyl (C=O) groups excluding carboxylic acids is 1. The second kappa shape index (κ2) is 4.87. The van der Waals surface area contributed by atoms with Crippen LogP contribution in [0.25, 0.3) is 11.1 Å². The molecule has 0 saturated carbocycles. The SMILES string of the molecule is CC(=O)Nc1cccc(-c2ccnc(C)c2O)c1. The van der Waals surface area contributed by atoms with E-state index in [1.54, 1.807) is 25.3 Å². The number of aryl methyl sites for hydroxylation is 1. The van der Waals surface area contributed by atoms with Gasteiger partial charge in [-0.15, -0.1) is 0 Å². The van der Waals surface area contributed by atoms with Crippen LogP contribution in [-0.2, 0) is 4.79 Å². The zero-order valence-corrected chi connectivity index (χ0v) is 10.3. The second-order valence-corrected chi connectivity index (χ2v) is 4.05. The van der Waals surface area contributed by atoms with Crippen LogP contribution in [0.15, 0.2) is 36.5 Å². The quantitative estimate of drug-likeness (QED) is 0.851. The average molecular weight is 242 g/mol. The van der Waals surface area contributed by atoms with E-state index in [4.69, 9.17) is 0 Å². The van der Waals surface area contributed by atoms with Crippen molar-refractivity contribution in [2.24, 2.45) is 0 Å². The van der Waals surface area contributed by atoms with Crippen LogP contribution in [0.1, 0.15) is 12.6 Å². The van der Waals surface area contributed by atoms with Crippen LogP contribution in [0.4, 0.5) is 5.69 Å². The van der Waals surface area contributed by atoms with Gasteiger partial charge in [-0.3, -0.25) is 9.78 Å². The number of hydrogen-bond acceptors (Lipinski definition) is 3. The first-order chi connectivity index (χ1) is 8.58. The summed E-state index contributed by atoms with van der Waals surface area (Å²) in [5, 5.41) is 12.7. The highest BCUT2D eigenvalue weighted by molar-refractivity contribution is 5.89. The van der Waals surface area contributed by atoms with E-state index < -0.39 is 0 Å². The Morgan fingerprint density at radius 2 is 2.11 bits per heavy atom. The molecule has 0 aliphatic rings. The van der Waals surface area contributed by atoms with Gasteiger partial charge in [0.15, 0.2) is 0 Å². The molecule has 2 aromatic rings. The minimum atomic E-state index is -0.123. The standard InChI is InChI=1S/C14H14N2O2/c1-9-14(18)13(6-7-15-9)11-4-3-5-12(8-11)16-10(2)17/h3-8,18H,1-2H3,(H,16,17). The van der Waals surface area contributed by atoms with Crippen molar-refractivity contribution in [1.82, 2.24) is 4.98 Å². The first-order valence-corrected chi connectivity index (χ1v) is 5.60. The molecule has 0 fully saturated rings. The van der Waals surface area contributed by atoms with Gasteiger partial charge in [0.05, 0.1) is 5.69 Å². The number of nitrogens with one attached hydrogen (secondary N) is 1. The van der Waals surface area contributed by atoms with Crippen LogP contribution in [-0.4, -0.2) is 16.0 Å². The summed E-state index contributed by atoms with van der Waals surface area (Å²) < 4.78 is 0. The predicted octanol–water partition coefficient (Wildman–Crippen LogP) is 2.72. The lowest BCUT2D eigenvalue weighted by Gasteiger charge is -2.08. The third-order valence-corrected chi connectivity index (χ3v) is 2.60. The molecule has 0 spiro atoms. The normalized spacial score (nSPS) is 10.1. The fourth-order valence-electron chi connectivity index (χ4n) is 1.76. The van der Waals surface area contributed by atoms with Crippen LogP contribution in [0.5, 0.6) is 5.75 Å². The smallest absolute Gasteiger partial charge is 0.221 e. The van der Waals surface area contributed by atoms with Gasteiger partial charge in [-0.1, -0.05) is 12.1 Å². The Labute approximate surface area is 105 Å². The summed E-state index contributed by atoms with van der Waals surface area (Å²) in [4.78, 5) is 15.0. The number of anilines is 1. The molecule has 4 heteroatoms. The first kappa shape index (κ1) is 12.1. The predicted molar refractivity (Wildman–Crippen MR) is 70.4 cm³/mol. The molecule has 4 nitrogen and oxygen atoms in total. The molecule has 2 rings (SSSR count). The van der Waals surface area contributed by atoms with Crippen molar-refractivity contribution in [2.45, 2.75) is 13.8 Å². The Hall–Kier alpha value is -2.36. The van der Waals surface area contributed by atoms with Crippen molar-refractivity contribution >= 4 is 11.6 Å². The van der Waals surface area contributed by atoms with Crippen LogP contribution in [0.3, 0.4) is 0 Å². The van der Waals surface area contributed by atoms with Crippen molar-refractivity contribution in [2.75, 3.05) is 5.32 Å². The van der Waals surface area contributed by atoms with Gasteiger partial charge in [0.25, 0.3) is 0 Å². The van der Waals surface area contributed by atoms with Crippen molar-refractivity contribution < 1.29 is 9.90 Å². The summed E-state index contributed by atoms with van der Waals surface area (Å²) >= 11 is 0. The maximum absolute atomic E-state index is 11.0. The highest BCUT2D eigenvalue weighted by atomic mass is 16.3. The van der Waals surface area contributed by atoms with E-state index in [1.807, 2.05) is 18.2 Å². The molecule has 92 valence electrons. The lowest BCUT2D eigenvalue weighted by atomic mass is 10.0. The molecule has 1 heterocycles. The van der Waals surface area contributed by atoms with Gasteiger partial charge in [0, 0.05) is 24.4 Å². The molecule has 2 N–H and O–H groups in total. The van der Waals surface area contributed by atoms with Crippen LogP contribution >= 0.6 is 0 Å². The Morgan fingerprint density at radius 1 is 1.33 bits per heavy atom. The summed E-state index contributed by atoms with van der Waals surface area (Å²) in [6.45, 7) is 3.21. The molecule has 0 aliphatic carbocycles. The Balaban J connectivity index is 2.44. The van der Waals surface area contributed by atoms with Crippen molar-refractivity contribution in [3.63, 3.8) is 0 Å². The lowest BCUT2D eigenvalue weighted by Crippen LogP contribution is -2.05. The number of pyridine rings is 1. The Kier molecular flexibility index (Phi) is 3.28. The molecule has 0 aliphatic heterocycles. The molecule has 0 unspecified atom stereocenters. The minimum Gasteiger partial charge on any atom is -0.505 e. The zero-order chi connectivity index (χ0) is 13.1. The number of benzene rings is 1. The van der Waals surface area contributed by atoms with E-state index in [0.29, 0.717) is 16.9 Å². The van der Waals surface area contributed by atoms with Crippen LogP contribution in [0.2, 0.25) is 0 Å². The highest BCUT2D eigenvalue weighted by Gasteiger charge is 2.07. The van der Waals surface area contributed by atoms with E-state index in [0.717, 1.165) is 5.56 Å². The van der Waals surface area contributed by atoms with E-state index in [2.05, 4.69) is 10.3 Å². The molecule has 0 bridgehead atoms. The maximum Gasteiger partial charge on any atom is 0.221 e. The van der Waals surface area contributed by atoms with E-state index in [-0.39, 0.29) is 11.7 Å². The molecular formula is C14H14N2O2. The van der Waals surface area contributed by atoms with Crippen LogP contribution in [0, 0.1) is 6.92 Å². The van der Waals surface area contributed by atoms with Gasteiger partial charge >= 0.3 is 0 Å². The van der Waals surface area contributed by atoms with E-state index in [1.165, 1.54) is 6.92 Å². The number of aromatic hydroxyl groups is 1. The summed E-state index contributed by atoms with van der Waals surface area (Å²) in [5.74, 6) is 0.0414.